The minimum absolute atomic E-state index is 0.0805. The summed E-state index contributed by atoms with van der Waals surface area (Å²) in [4.78, 5) is 38.2. The molecule has 0 atom stereocenters. The van der Waals surface area contributed by atoms with E-state index >= 15 is 0 Å². The summed E-state index contributed by atoms with van der Waals surface area (Å²) < 4.78 is 5.34. The van der Waals surface area contributed by atoms with Gasteiger partial charge in [-0.25, -0.2) is 4.90 Å². The van der Waals surface area contributed by atoms with Gasteiger partial charge in [0.05, 0.1) is 28.2 Å². The van der Waals surface area contributed by atoms with E-state index in [1.807, 2.05) is 19.9 Å². The Kier molecular flexibility index (Phi) is 5.51. The second-order valence-electron chi connectivity index (χ2n) is 6.06. The van der Waals surface area contributed by atoms with Crippen molar-refractivity contribution in [3.63, 3.8) is 0 Å². The Labute approximate surface area is 166 Å². The Balaban J connectivity index is 2.11. The first-order valence-corrected chi connectivity index (χ1v) is 9.53. The summed E-state index contributed by atoms with van der Waals surface area (Å²) in [6, 6.07) is 10.9. The number of anilines is 1. The monoisotopic (exact) mass is 398 g/mol. The number of amides is 2. The van der Waals surface area contributed by atoms with Gasteiger partial charge in [0.1, 0.15) is 5.75 Å². The Morgan fingerprint density at radius 1 is 1.11 bits per heavy atom. The average Bonchev–Trinajstić information content (AvgIpc) is 2.92. The zero-order chi connectivity index (χ0) is 20.4. The lowest BCUT2D eigenvalue weighted by Crippen LogP contribution is -2.31. The number of hydrogen-bond donors (Lipinski definition) is 0. The van der Waals surface area contributed by atoms with E-state index in [9.17, 15) is 19.7 Å². The van der Waals surface area contributed by atoms with Gasteiger partial charge < -0.3 is 4.74 Å². The molecule has 0 N–H and O–H groups in total. The third-order valence-electron chi connectivity index (χ3n) is 4.27. The highest BCUT2D eigenvalue weighted by Crippen LogP contribution is 2.41. The van der Waals surface area contributed by atoms with Gasteiger partial charge in [0, 0.05) is 12.1 Å². The molecule has 2 amide bonds. The molecule has 8 heteroatoms. The molecule has 28 heavy (non-hydrogen) atoms. The summed E-state index contributed by atoms with van der Waals surface area (Å²) in [5.74, 6) is 0.120. The minimum atomic E-state index is -0.509. The highest BCUT2D eigenvalue weighted by Gasteiger charge is 2.41. The number of nitro groups is 1. The van der Waals surface area contributed by atoms with Gasteiger partial charge in [-0.15, -0.1) is 11.8 Å². The molecule has 2 aromatic rings. The van der Waals surface area contributed by atoms with Gasteiger partial charge in [-0.1, -0.05) is 13.0 Å². The first-order valence-electron chi connectivity index (χ1n) is 8.54. The molecule has 0 saturated heterocycles. The van der Waals surface area contributed by atoms with Gasteiger partial charge >= 0.3 is 0 Å². The van der Waals surface area contributed by atoms with E-state index in [4.69, 9.17) is 4.74 Å². The predicted octanol–water partition coefficient (Wildman–Crippen LogP) is 3.95. The highest BCUT2D eigenvalue weighted by molar-refractivity contribution is 8.04. The predicted molar refractivity (Wildman–Crippen MR) is 108 cm³/mol. The van der Waals surface area contributed by atoms with Crippen LogP contribution in [-0.2, 0) is 9.59 Å². The third kappa shape index (κ3) is 3.38. The zero-order valence-electron chi connectivity index (χ0n) is 15.6. The van der Waals surface area contributed by atoms with Crippen LogP contribution in [0.2, 0.25) is 0 Å². The topological polar surface area (TPSA) is 89.8 Å². The van der Waals surface area contributed by atoms with Crippen LogP contribution in [0.3, 0.4) is 0 Å². The van der Waals surface area contributed by atoms with E-state index in [0.29, 0.717) is 27.7 Å². The Hall–Kier alpha value is -3.13. The fourth-order valence-corrected chi connectivity index (χ4v) is 3.84. The Morgan fingerprint density at radius 2 is 1.79 bits per heavy atom. The molecule has 1 aliphatic heterocycles. The summed E-state index contributed by atoms with van der Waals surface area (Å²) in [7, 11) is 1.48. The van der Waals surface area contributed by atoms with Crippen LogP contribution in [-0.4, -0.2) is 29.6 Å². The number of aryl methyl sites for hydroxylation is 1. The van der Waals surface area contributed by atoms with E-state index in [1.54, 1.807) is 12.1 Å². The van der Waals surface area contributed by atoms with E-state index < -0.39 is 16.7 Å². The van der Waals surface area contributed by atoms with Gasteiger partial charge in [-0.05, 0) is 48.1 Å². The number of nitrogens with zero attached hydrogens (tertiary/aromatic N) is 2. The van der Waals surface area contributed by atoms with Crippen LogP contribution in [0.5, 0.6) is 5.75 Å². The van der Waals surface area contributed by atoms with Crippen LogP contribution in [0.15, 0.2) is 47.4 Å². The molecule has 1 heterocycles. The van der Waals surface area contributed by atoms with Crippen LogP contribution in [0.1, 0.15) is 18.1 Å². The summed E-state index contributed by atoms with van der Waals surface area (Å²) in [5.41, 5.74) is 1.89. The Morgan fingerprint density at radius 3 is 2.36 bits per heavy atom. The molecule has 0 saturated carbocycles. The SMILES string of the molecule is CCSC1=C(c2ccc([N+](=O)[O-])cc2)C(=O)N(c2cc(C)ccc2OC)C1=O. The molecule has 0 radical (unpaired) electrons. The molecule has 0 aliphatic carbocycles. The average molecular weight is 398 g/mol. The highest BCUT2D eigenvalue weighted by atomic mass is 32.2. The van der Waals surface area contributed by atoms with Crippen molar-refractivity contribution in [2.45, 2.75) is 13.8 Å². The maximum Gasteiger partial charge on any atom is 0.272 e. The largest absolute Gasteiger partial charge is 0.495 e. The van der Waals surface area contributed by atoms with Gasteiger partial charge in [0.25, 0.3) is 17.5 Å². The number of benzene rings is 2. The van der Waals surface area contributed by atoms with E-state index in [0.717, 1.165) is 10.5 Å². The lowest BCUT2D eigenvalue weighted by Gasteiger charge is -2.19. The zero-order valence-corrected chi connectivity index (χ0v) is 16.4. The number of non-ortho nitro benzene ring substituents is 1. The van der Waals surface area contributed by atoms with Crippen molar-refractivity contribution in [3.8, 4) is 5.75 Å². The van der Waals surface area contributed by atoms with Crippen molar-refractivity contribution >= 4 is 40.5 Å². The molecular formula is C20H18N2O5S. The molecule has 0 fully saturated rings. The summed E-state index contributed by atoms with van der Waals surface area (Å²) in [6.07, 6.45) is 0. The van der Waals surface area contributed by atoms with E-state index in [2.05, 4.69) is 0 Å². The lowest BCUT2D eigenvalue weighted by atomic mass is 10.1. The second kappa shape index (κ2) is 7.85. The smallest absolute Gasteiger partial charge is 0.272 e. The van der Waals surface area contributed by atoms with Crippen molar-refractivity contribution in [1.82, 2.24) is 0 Å². The van der Waals surface area contributed by atoms with Crippen LogP contribution in [0, 0.1) is 17.0 Å². The van der Waals surface area contributed by atoms with Crippen LogP contribution in [0.25, 0.3) is 5.57 Å². The van der Waals surface area contributed by atoms with Crippen LogP contribution < -0.4 is 9.64 Å². The molecule has 144 valence electrons. The summed E-state index contributed by atoms with van der Waals surface area (Å²) in [5, 5.41) is 10.9. The number of rotatable bonds is 6. The number of carbonyl (C=O) groups is 2. The third-order valence-corrected chi connectivity index (χ3v) is 5.23. The first kappa shape index (κ1) is 19.6. The molecule has 0 unspecified atom stereocenters. The first-order chi connectivity index (χ1) is 13.4. The summed E-state index contributed by atoms with van der Waals surface area (Å²) >= 11 is 1.27. The molecule has 0 spiro atoms. The minimum Gasteiger partial charge on any atom is -0.495 e. The molecule has 7 nitrogen and oxygen atoms in total. The lowest BCUT2D eigenvalue weighted by molar-refractivity contribution is -0.384. The molecule has 3 rings (SSSR count). The van der Waals surface area contributed by atoms with Crippen LogP contribution in [0.4, 0.5) is 11.4 Å². The fourth-order valence-electron chi connectivity index (χ4n) is 2.99. The quantitative estimate of drug-likeness (QED) is 0.416. The number of nitro benzene ring substituents is 1. The fraction of sp³-hybridized carbons (Fsp3) is 0.200. The number of hydrogen-bond acceptors (Lipinski definition) is 6. The molecular weight excluding hydrogens is 380 g/mol. The van der Waals surface area contributed by atoms with E-state index in [1.165, 1.54) is 43.1 Å². The van der Waals surface area contributed by atoms with Crippen molar-refractivity contribution < 1.29 is 19.2 Å². The van der Waals surface area contributed by atoms with Gasteiger partial charge in [-0.2, -0.15) is 0 Å². The van der Waals surface area contributed by atoms with Crippen molar-refractivity contribution in [1.29, 1.82) is 0 Å². The number of ether oxygens (including phenoxy) is 1. The van der Waals surface area contributed by atoms with Crippen molar-refractivity contribution in [3.05, 3.63) is 68.6 Å². The van der Waals surface area contributed by atoms with E-state index in [-0.39, 0.29) is 11.3 Å². The number of methoxy groups -OCH3 is 1. The van der Waals surface area contributed by atoms with Gasteiger partial charge in [-0.3, -0.25) is 19.7 Å². The molecule has 0 bridgehead atoms. The number of imide groups is 1. The standard InChI is InChI=1S/C20H18N2O5S/c1-4-28-18-17(13-6-8-14(9-7-13)22(25)26)19(23)21(20(18)24)15-11-12(2)5-10-16(15)27-3/h5-11H,4H2,1-3H3. The summed E-state index contributed by atoms with van der Waals surface area (Å²) in [6.45, 7) is 3.75. The normalized spacial score (nSPS) is 14.0. The van der Waals surface area contributed by atoms with Crippen molar-refractivity contribution in [2.24, 2.45) is 0 Å². The molecule has 0 aromatic heterocycles. The van der Waals surface area contributed by atoms with Crippen molar-refractivity contribution in [2.75, 3.05) is 17.8 Å². The number of thioether (sulfide) groups is 1. The maximum absolute atomic E-state index is 13.2. The van der Waals surface area contributed by atoms with Gasteiger partial charge in [0.2, 0.25) is 0 Å². The molecule has 1 aliphatic rings. The second-order valence-corrected chi connectivity index (χ2v) is 7.34. The molecule has 2 aromatic carbocycles. The Bertz CT molecular complexity index is 998. The van der Waals surface area contributed by atoms with Crippen LogP contribution >= 0.6 is 11.8 Å². The maximum atomic E-state index is 13.2. The number of carbonyl (C=O) groups excluding carboxylic acids is 2. The van der Waals surface area contributed by atoms with Gasteiger partial charge in [0.15, 0.2) is 0 Å².